The Balaban J connectivity index is 1.79. The van der Waals surface area contributed by atoms with E-state index in [0.29, 0.717) is 12.1 Å². The highest BCUT2D eigenvalue weighted by molar-refractivity contribution is 5.92. The summed E-state index contributed by atoms with van der Waals surface area (Å²) in [6.07, 6.45) is 6.33. The van der Waals surface area contributed by atoms with Gasteiger partial charge in [0, 0.05) is 29.5 Å². The molecule has 0 bridgehead atoms. The van der Waals surface area contributed by atoms with Gasteiger partial charge in [-0.3, -0.25) is 4.90 Å². The van der Waals surface area contributed by atoms with Gasteiger partial charge in [0.2, 0.25) is 0 Å². The molecule has 1 fully saturated rings. The van der Waals surface area contributed by atoms with Gasteiger partial charge in [-0.15, -0.1) is 0 Å². The molecule has 148 valence electrons. The van der Waals surface area contributed by atoms with Crippen molar-refractivity contribution in [1.82, 2.24) is 9.88 Å². The molecule has 1 aliphatic rings. The maximum atomic E-state index is 3.79. The lowest BCUT2D eigenvalue weighted by molar-refractivity contribution is 0.0959. The molecule has 2 atom stereocenters. The summed E-state index contributed by atoms with van der Waals surface area (Å²) < 4.78 is 0. The average Bonchev–Trinajstić information content (AvgIpc) is 3.06. The number of benzene rings is 2. The molecule has 0 aliphatic carbocycles. The number of likely N-dealkylation sites (tertiary alicyclic amines) is 1. The van der Waals surface area contributed by atoms with E-state index in [-0.39, 0.29) is 0 Å². The van der Waals surface area contributed by atoms with Crippen molar-refractivity contribution < 1.29 is 0 Å². The molecule has 2 heterocycles. The van der Waals surface area contributed by atoms with Crippen molar-refractivity contribution in [3.63, 3.8) is 0 Å². The maximum Gasteiger partial charge on any atom is 0.0510 e. The van der Waals surface area contributed by atoms with E-state index in [1.54, 1.807) is 0 Å². The first-order valence-corrected chi connectivity index (χ1v) is 11.0. The fourth-order valence-electron chi connectivity index (χ4n) is 4.93. The first-order valence-electron chi connectivity index (χ1n) is 11.0. The van der Waals surface area contributed by atoms with Crippen molar-refractivity contribution >= 4 is 10.9 Å². The number of nitrogens with zero attached hydrogens (tertiary/aromatic N) is 1. The number of rotatable bonds is 5. The second-order valence-corrected chi connectivity index (χ2v) is 8.72. The summed E-state index contributed by atoms with van der Waals surface area (Å²) in [5.74, 6) is 0. The van der Waals surface area contributed by atoms with Gasteiger partial charge in [0.15, 0.2) is 0 Å². The van der Waals surface area contributed by atoms with E-state index in [1.165, 1.54) is 64.5 Å². The number of aromatic nitrogens is 1. The largest absolute Gasteiger partial charge is 0.354 e. The lowest BCUT2D eigenvalue weighted by Gasteiger charge is -2.39. The number of para-hydroxylation sites is 1. The highest BCUT2D eigenvalue weighted by Crippen LogP contribution is 2.35. The Bertz CT molecular complexity index is 925. The molecule has 3 aromatic rings. The zero-order valence-electron chi connectivity index (χ0n) is 17.9. The van der Waals surface area contributed by atoms with Crippen molar-refractivity contribution in [3.8, 4) is 11.3 Å². The molecule has 0 saturated carbocycles. The van der Waals surface area contributed by atoms with Crippen LogP contribution in [0.15, 0.2) is 42.5 Å². The molecule has 0 amide bonds. The van der Waals surface area contributed by atoms with E-state index in [4.69, 9.17) is 0 Å². The maximum absolute atomic E-state index is 3.79. The van der Waals surface area contributed by atoms with E-state index < -0.39 is 0 Å². The molecule has 2 nitrogen and oxygen atoms in total. The topological polar surface area (TPSA) is 19.0 Å². The van der Waals surface area contributed by atoms with E-state index in [9.17, 15) is 0 Å². The van der Waals surface area contributed by atoms with E-state index >= 15 is 0 Å². The SMILES string of the molecule is CCCc1ccc(-c2[nH]c3c(C)cccc3c2CN2[C@H](C)CCC[C@@H]2C)cc1. The van der Waals surface area contributed by atoms with Crippen LogP contribution in [0.5, 0.6) is 0 Å². The summed E-state index contributed by atoms with van der Waals surface area (Å²) in [6.45, 7) is 10.3. The summed E-state index contributed by atoms with van der Waals surface area (Å²) in [5, 5.41) is 1.39. The number of hydrogen-bond acceptors (Lipinski definition) is 1. The van der Waals surface area contributed by atoms with Crippen molar-refractivity contribution in [1.29, 1.82) is 0 Å². The van der Waals surface area contributed by atoms with Crippen LogP contribution in [0.1, 0.15) is 63.1 Å². The summed E-state index contributed by atoms with van der Waals surface area (Å²) in [6, 6.07) is 17.2. The first kappa shape index (κ1) is 19.3. The number of piperidine rings is 1. The summed E-state index contributed by atoms with van der Waals surface area (Å²) in [7, 11) is 0. The van der Waals surface area contributed by atoms with Gasteiger partial charge in [-0.05, 0) is 62.3 Å². The fourth-order valence-corrected chi connectivity index (χ4v) is 4.93. The average molecular weight is 375 g/mol. The van der Waals surface area contributed by atoms with Crippen LogP contribution >= 0.6 is 0 Å². The van der Waals surface area contributed by atoms with Crippen LogP contribution in [-0.2, 0) is 13.0 Å². The van der Waals surface area contributed by atoms with Crippen molar-refractivity contribution in [2.24, 2.45) is 0 Å². The van der Waals surface area contributed by atoms with Crippen LogP contribution < -0.4 is 0 Å². The van der Waals surface area contributed by atoms with Gasteiger partial charge >= 0.3 is 0 Å². The molecule has 28 heavy (non-hydrogen) atoms. The molecule has 4 rings (SSSR count). The second kappa shape index (κ2) is 8.13. The van der Waals surface area contributed by atoms with Crippen LogP contribution in [0.4, 0.5) is 0 Å². The molecule has 1 aliphatic heterocycles. The lowest BCUT2D eigenvalue weighted by Crippen LogP contribution is -2.43. The quantitative estimate of drug-likeness (QED) is 0.517. The predicted octanol–water partition coefficient (Wildman–Crippen LogP) is 6.86. The second-order valence-electron chi connectivity index (χ2n) is 8.72. The van der Waals surface area contributed by atoms with Gasteiger partial charge in [0.25, 0.3) is 0 Å². The molecule has 2 aromatic carbocycles. The molecule has 0 unspecified atom stereocenters. The highest BCUT2D eigenvalue weighted by Gasteiger charge is 2.27. The number of nitrogens with one attached hydrogen (secondary N) is 1. The smallest absolute Gasteiger partial charge is 0.0510 e. The van der Waals surface area contributed by atoms with Crippen LogP contribution in [0.3, 0.4) is 0 Å². The minimum atomic E-state index is 0.651. The Morgan fingerprint density at radius 2 is 1.71 bits per heavy atom. The Morgan fingerprint density at radius 3 is 2.39 bits per heavy atom. The van der Waals surface area contributed by atoms with E-state index in [1.807, 2.05) is 0 Å². The van der Waals surface area contributed by atoms with Crippen LogP contribution in [0.2, 0.25) is 0 Å². The van der Waals surface area contributed by atoms with Gasteiger partial charge in [-0.1, -0.05) is 62.2 Å². The number of fused-ring (bicyclic) bond motifs is 1. The molecule has 1 aromatic heterocycles. The minimum Gasteiger partial charge on any atom is -0.354 e. The first-order chi connectivity index (χ1) is 13.6. The molecule has 0 spiro atoms. The van der Waals surface area contributed by atoms with Crippen LogP contribution in [0, 0.1) is 6.92 Å². The van der Waals surface area contributed by atoms with Crippen LogP contribution in [0.25, 0.3) is 22.2 Å². The lowest BCUT2D eigenvalue weighted by atomic mass is 9.95. The summed E-state index contributed by atoms with van der Waals surface area (Å²) >= 11 is 0. The Hall–Kier alpha value is -2.06. The third kappa shape index (κ3) is 3.63. The van der Waals surface area contributed by atoms with Gasteiger partial charge in [0.05, 0.1) is 5.69 Å². The fraction of sp³-hybridized carbons (Fsp3) is 0.462. The molecule has 2 heteroatoms. The normalized spacial score (nSPS) is 20.7. The monoisotopic (exact) mass is 374 g/mol. The molecular formula is C26H34N2. The number of hydrogen-bond donors (Lipinski definition) is 1. The third-order valence-corrected chi connectivity index (χ3v) is 6.65. The Labute approximate surface area is 170 Å². The van der Waals surface area contributed by atoms with Crippen molar-refractivity contribution in [3.05, 3.63) is 59.2 Å². The molecule has 0 radical (unpaired) electrons. The summed E-state index contributed by atoms with van der Waals surface area (Å²) in [5.41, 5.74) is 8.12. The number of aromatic amines is 1. The van der Waals surface area contributed by atoms with Gasteiger partial charge in [0.1, 0.15) is 0 Å². The highest BCUT2D eigenvalue weighted by atomic mass is 15.2. The molecule has 1 saturated heterocycles. The zero-order chi connectivity index (χ0) is 19.7. The summed E-state index contributed by atoms with van der Waals surface area (Å²) in [4.78, 5) is 6.50. The third-order valence-electron chi connectivity index (χ3n) is 6.65. The van der Waals surface area contributed by atoms with Gasteiger partial charge in [-0.25, -0.2) is 0 Å². The Kier molecular flexibility index (Phi) is 5.59. The van der Waals surface area contributed by atoms with E-state index in [2.05, 4.69) is 80.0 Å². The van der Waals surface area contributed by atoms with Gasteiger partial charge in [-0.2, -0.15) is 0 Å². The Morgan fingerprint density at radius 1 is 1.00 bits per heavy atom. The zero-order valence-corrected chi connectivity index (χ0v) is 17.9. The predicted molar refractivity (Wildman–Crippen MR) is 121 cm³/mol. The molecule has 1 N–H and O–H groups in total. The van der Waals surface area contributed by atoms with Gasteiger partial charge < -0.3 is 4.98 Å². The van der Waals surface area contributed by atoms with Crippen LogP contribution in [-0.4, -0.2) is 22.0 Å². The van der Waals surface area contributed by atoms with Crippen molar-refractivity contribution in [2.75, 3.05) is 0 Å². The standard InChI is InChI=1S/C26H34N2/c1-5-8-21-13-15-22(16-14-21)26-24(17-28-19(3)10-7-11-20(28)4)23-12-6-9-18(2)25(23)27-26/h6,9,12-16,19-20,27H,5,7-8,10-11,17H2,1-4H3/t19-,20+. The molecular weight excluding hydrogens is 340 g/mol. The van der Waals surface area contributed by atoms with E-state index in [0.717, 1.165) is 13.0 Å². The number of aryl methyl sites for hydroxylation is 2. The minimum absolute atomic E-state index is 0.651. The van der Waals surface area contributed by atoms with Crippen molar-refractivity contribution in [2.45, 2.75) is 78.4 Å². The number of H-pyrrole nitrogens is 1.